The van der Waals surface area contributed by atoms with E-state index in [0.717, 1.165) is 34.1 Å². The van der Waals surface area contributed by atoms with Crippen molar-refractivity contribution in [1.82, 2.24) is 10.2 Å². The second kappa shape index (κ2) is 14.0. The molecular formula is C35H48N2O6. The van der Waals surface area contributed by atoms with Crippen LogP contribution < -0.4 is 10.1 Å². The normalized spacial score (nSPS) is 21.8. The fourth-order valence-corrected chi connectivity index (χ4v) is 6.46. The lowest BCUT2D eigenvalue weighted by molar-refractivity contribution is -0.137. The van der Waals surface area contributed by atoms with E-state index in [0.29, 0.717) is 45.4 Å². The number of hydrogen-bond acceptors (Lipinski definition) is 6. The Morgan fingerprint density at radius 1 is 1.16 bits per heavy atom. The van der Waals surface area contributed by atoms with E-state index >= 15 is 0 Å². The maximum Gasteiger partial charge on any atom is 0.407 e. The Balaban J connectivity index is 1.54. The molecule has 2 saturated heterocycles. The van der Waals surface area contributed by atoms with Crippen LogP contribution >= 0.6 is 0 Å². The first-order valence-corrected chi connectivity index (χ1v) is 15.3. The SMILES string of the molecule is C=CCC(C)(C)CCOC(=O)N[C@H](C(=O)N1C[C@](OC)(c2ccc3cc(OC)c(C=C)cc3c2)C[C@H]1C)C1CCOCC1. The van der Waals surface area contributed by atoms with E-state index in [9.17, 15) is 9.59 Å². The Kier molecular flexibility index (Phi) is 10.6. The number of carbonyl (C=O) groups excluding carboxylic acids is 2. The average molecular weight is 593 g/mol. The number of amides is 2. The van der Waals surface area contributed by atoms with Gasteiger partial charge < -0.3 is 29.2 Å². The summed E-state index contributed by atoms with van der Waals surface area (Å²) in [6, 6.07) is 9.53. The third-order valence-electron chi connectivity index (χ3n) is 9.18. The maximum atomic E-state index is 14.2. The second-order valence-electron chi connectivity index (χ2n) is 12.7. The number of fused-ring (bicyclic) bond motifs is 1. The van der Waals surface area contributed by atoms with Gasteiger partial charge in [0.1, 0.15) is 17.4 Å². The van der Waals surface area contributed by atoms with Crippen molar-refractivity contribution in [1.29, 1.82) is 0 Å². The Morgan fingerprint density at radius 2 is 1.91 bits per heavy atom. The lowest BCUT2D eigenvalue weighted by Crippen LogP contribution is -2.54. The number of alkyl carbamates (subject to hydrolysis) is 1. The Hall–Kier alpha value is -3.36. The van der Waals surface area contributed by atoms with E-state index in [1.807, 2.05) is 24.0 Å². The molecule has 0 unspecified atom stereocenters. The topological polar surface area (TPSA) is 86.3 Å². The van der Waals surface area contributed by atoms with Crippen molar-refractivity contribution >= 4 is 28.8 Å². The highest BCUT2D eigenvalue weighted by atomic mass is 16.5. The molecule has 1 N–H and O–H groups in total. The molecule has 2 aliphatic rings. The molecule has 234 valence electrons. The van der Waals surface area contributed by atoms with Crippen LogP contribution in [0.3, 0.4) is 0 Å². The summed E-state index contributed by atoms with van der Waals surface area (Å²) in [7, 11) is 3.36. The molecule has 2 amide bonds. The van der Waals surface area contributed by atoms with Gasteiger partial charge in [0, 0.05) is 38.3 Å². The van der Waals surface area contributed by atoms with Crippen LogP contribution in [0.5, 0.6) is 5.75 Å². The van der Waals surface area contributed by atoms with Crippen LogP contribution in [0, 0.1) is 11.3 Å². The molecule has 0 aromatic heterocycles. The molecule has 0 saturated carbocycles. The highest BCUT2D eigenvalue weighted by Crippen LogP contribution is 2.41. The van der Waals surface area contributed by atoms with Crippen LogP contribution in [0.15, 0.2) is 49.6 Å². The minimum absolute atomic E-state index is 0.0193. The number of nitrogens with one attached hydrogen (secondary N) is 1. The Morgan fingerprint density at radius 3 is 2.56 bits per heavy atom. The van der Waals surface area contributed by atoms with Gasteiger partial charge in [-0.05, 0) is 78.5 Å². The maximum absolute atomic E-state index is 14.2. The molecule has 43 heavy (non-hydrogen) atoms. The van der Waals surface area contributed by atoms with Crippen LogP contribution in [0.2, 0.25) is 0 Å². The average Bonchev–Trinajstić information content (AvgIpc) is 3.36. The summed E-state index contributed by atoms with van der Waals surface area (Å²) in [5.41, 5.74) is 1.21. The fraction of sp³-hybridized carbons (Fsp3) is 0.543. The smallest absolute Gasteiger partial charge is 0.407 e. The van der Waals surface area contributed by atoms with Gasteiger partial charge in [-0.25, -0.2) is 4.79 Å². The molecule has 2 fully saturated rings. The summed E-state index contributed by atoms with van der Waals surface area (Å²) < 4.78 is 22.9. The highest BCUT2D eigenvalue weighted by molar-refractivity contribution is 5.89. The van der Waals surface area contributed by atoms with E-state index in [1.54, 1.807) is 20.3 Å². The minimum atomic E-state index is -0.702. The molecule has 3 atom stereocenters. The standard InChI is InChI=1S/C35H48N2O6/c1-8-14-34(4,5)15-18-43-33(39)36-31(26-12-16-42-17-13-26)32(38)37-23-35(41-7,22-24(37)3)29-11-10-27-21-30(40-6)25(9-2)19-28(27)20-29/h8-11,19-21,24,26,31H,1-2,12-18,22-23H2,3-7H3,(H,36,39)/t24-,31+,35+/m1/s1. The number of allylic oxidation sites excluding steroid dienone is 1. The molecule has 0 bridgehead atoms. The van der Waals surface area contributed by atoms with Crippen molar-refractivity contribution < 1.29 is 28.5 Å². The van der Waals surface area contributed by atoms with Crippen LogP contribution in [0.1, 0.15) is 64.0 Å². The number of hydrogen-bond donors (Lipinski definition) is 1. The van der Waals surface area contributed by atoms with Crippen LogP contribution in [0.25, 0.3) is 16.8 Å². The summed E-state index contributed by atoms with van der Waals surface area (Å²) >= 11 is 0. The third-order valence-corrected chi connectivity index (χ3v) is 9.18. The van der Waals surface area contributed by atoms with Crippen molar-refractivity contribution in [3.8, 4) is 5.75 Å². The predicted molar refractivity (Wildman–Crippen MR) is 170 cm³/mol. The van der Waals surface area contributed by atoms with Crippen LogP contribution in [-0.2, 0) is 24.6 Å². The van der Waals surface area contributed by atoms with Gasteiger partial charge in [-0.15, -0.1) is 6.58 Å². The summed E-state index contributed by atoms with van der Waals surface area (Å²) in [4.78, 5) is 29.1. The molecular weight excluding hydrogens is 544 g/mol. The third kappa shape index (κ3) is 7.42. The number of ether oxygens (including phenoxy) is 4. The predicted octanol–water partition coefficient (Wildman–Crippen LogP) is 6.47. The van der Waals surface area contributed by atoms with E-state index in [-0.39, 0.29) is 29.9 Å². The first-order chi connectivity index (χ1) is 20.6. The first-order valence-electron chi connectivity index (χ1n) is 15.3. The second-order valence-corrected chi connectivity index (χ2v) is 12.7. The number of benzene rings is 2. The summed E-state index contributed by atoms with van der Waals surface area (Å²) in [6.07, 6.45) is 6.66. The monoisotopic (exact) mass is 592 g/mol. The summed E-state index contributed by atoms with van der Waals surface area (Å²) in [5, 5.41) is 5.04. The lowest BCUT2D eigenvalue weighted by Gasteiger charge is -2.34. The van der Waals surface area contributed by atoms with Gasteiger partial charge in [0.25, 0.3) is 0 Å². The van der Waals surface area contributed by atoms with Crippen molar-refractivity contribution in [2.45, 2.75) is 70.6 Å². The Bertz CT molecular complexity index is 1320. The van der Waals surface area contributed by atoms with Gasteiger partial charge in [-0.1, -0.05) is 44.7 Å². The van der Waals surface area contributed by atoms with Crippen molar-refractivity contribution in [3.05, 3.63) is 60.7 Å². The van der Waals surface area contributed by atoms with Crippen molar-refractivity contribution in [2.24, 2.45) is 11.3 Å². The van der Waals surface area contributed by atoms with Gasteiger partial charge >= 0.3 is 6.09 Å². The molecule has 8 heteroatoms. The minimum Gasteiger partial charge on any atom is -0.496 e. The number of carbonyl (C=O) groups is 2. The Labute approximate surface area is 256 Å². The highest BCUT2D eigenvalue weighted by Gasteiger charge is 2.48. The van der Waals surface area contributed by atoms with E-state index in [4.69, 9.17) is 18.9 Å². The molecule has 2 heterocycles. The number of methoxy groups -OCH3 is 2. The molecule has 0 radical (unpaired) electrons. The van der Waals surface area contributed by atoms with Gasteiger partial charge in [0.05, 0.1) is 20.3 Å². The van der Waals surface area contributed by atoms with Crippen LogP contribution in [0.4, 0.5) is 4.79 Å². The van der Waals surface area contributed by atoms with Gasteiger partial charge in [0.2, 0.25) is 5.91 Å². The summed E-state index contributed by atoms with van der Waals surface area (Å²) in [5.74, 6) is 0.624. The fourth-order valence-electron chi connectivity index (χ4n) is 6.46. The van der Waals surface area contributed by atoms with Gasteiger partial charge in [-0.2, -0.15) is 0 Å². The van der Waals surface area contributed by atoms with E-state index in [2.05, 4.69) is 56.6 Å². The molecule has 0 spiro atoms. The zero-order chi connectivity index (χ0) is 31.2. The number of rotatable bonds is 12. The molecule has 4 rings (SSSR count). The molecule has 2 aromatic carbocycles. The molecule has 8 nitrogen and oxygen atoms in total. The number of nitrogens with zero attached hydrogens (tertiary/aromatic N) is 1. The molecule has 2 aliphatic heterocycles. The number of likely N-dealkylation sites (tertiary alicyclic amines) is 1. The van der Waals surface area contributed by atoms with Crippen molar-refractivity contribution in [3.63, 3.8) is 0 Å². The molecule has 0 aliphatic carbocycles. The quantitative estimate of drug-likeness (QED) is 0.285. The zero-order valence-corrected chi connectivity index (χ0v) is 26.4. The van der Waals surface area contributed by atoms with Gasteiger partial charge in [0.15, 0.2) is 0 Å². The van der Waals surface area contributed by atoms with Crippen LogP contribution in [-0.4, -0.2) is 69.6 Å². The lowest BCUT2D eigenvalue weighted by atomic mass is 9.86. The van der Waals surface area contributed by atoms with Gasteiger partial charge in [-0.3, -0.25) is 4.79 Å². The molecule has 2 aromatic rings. The van der Waals surface area contributed by atoms with E-state index < -0.39 is 17.7 Å². The van der Waals surface area contributed by atoms with E-state index in [1.165, 1.54) is 0 Å². The van der Waals surface area contributed by atoms with Crippen molar-refractivity contribution in [2.75, 3.05) is 40.6 Å². The zero-order valence-electron chi connectivity index (χ0n) is 26.4. The first kappa shape index (κ1) is 32.6. The largest absolute Gasteiger partial charge is 0.496 e. The summed E-state index contributed by atoms with van der Waals surface area (Å²) in [6.45, 7) is 15.8.